The number of benzene rings is 2. The van der Waals surface area contributed by atoms with Gasteiger partial charge in [-0.25, -0.2) is 17.2 Å². The first-order valence-corrected chi connectivity index (χ1v) is 10.3. The molecule has 0 radical (unpaired) electrons. The van der Waals surface area contributed by atoms with E-state index >= 15 is 0 Å². The van der Waals surface area contributed by atoms with Gasteiger partial charge < -0.3 is 10.2 Å². The predicted octanol–water partition coefficient (Wildman–Crippen LogP) is 2.30. The van der Waals surface area contributed by atoms with E-state index in [1.54, 1.807) is 12.1 Å². The van der Waals surface area contributed by atoms with Crippen molar-refractivity contribution in [3.8, 4) is 0 Å². The van der Waals surface area contributed by atoms with Crippen molar-refractivity contribution in [3.05, 3.63) is 60.2 Å². The van der Waals surface area contributed by atoms with Gasteiger partial charge in [-0.15, -0.1) is 0 Å². The van der Waals surface area contributed by atoms with Crippen LogP contribution in [0, 0.1) is 11.6 Å². The molecule has 1 aliphatic rings. The molecule has 1 fully saturated rings. The topological polar surface area (TPSA) is 69.7 Å². The molecule has 28 heavy (non-hydrogen) atoms. The van der Waals surface area contributed by atoms with Gasteiger partial charge in [0.15, 0.2) is 11.6 Å². The highest BCUT2D eigenvalue weighted by molar-refractivity contribution is 7.89. The van der Waals surface area contributed by atoms with Gasteiger partial charge in [-0.2, -0.15) is 4.31 Å². The van der Waals surface area contributed by atoms with Gasteiger partial charge in [-0.05, 0) is 30.3 Å². The summed E-state index contributed by atoms with van der Waals surface area (Å²) in [5.41, 5.74) is 0.731. The summed E-state index contributed by atoms with van der Waals surface area (Å²) in [5.74, 6) is -2.38. The molecule has 3 rings (SSSR count). The molecule has 1 saturated heterocycles. The second kappa shape index (κ2) is 8.76. The molecule has 0 aliphatic carbocycles. The van der Waals surface area contributed by atoms with Gasteiger partial charge in [0, 0.05) is 44.8 Å². The van der Waals surface area contributed by atoms with Gasteiger partial charge in [0.1, 0.15) is 0 Å². The summed E-state index contributed by atoms with van der Waals surface area (Å²) in [7, 11) is -3.88. The number of nitrogens with one attached hydrogen (secondary N) is 1. The van der Waals surface area contributed by atoms with E-state index in [4.69, 9.17) is 0 Å². The van der Waals surface area contributed by atoms with Crippen LogP contribution in [0.5, 0.6) is 0 Å². The number of halogens is 2. The average molecular weight is 409 g/mol. The van der Waals surface area contributed by atoms with E-state index in [1.165, 1.54) is 4.31 Å². The molecule has 0 aromatic heterocycles. The minimum absolute atomic E-state index is 0.108. The van der Waals surface area contributed by atoms with E-state index in [0.29, 0.717) is 32.1 Å². The number of nitrogens with zero attached hydrogens (tertiary/aromatic N) is 2. The number of hydrogen-bond donors (Lipinski definition) is 1. The third-order valence-corrected chi connectivity index (χ3v) is 6.47. The summed E-state index contributed by atoms with van der Waals surface area (Å²) in [6.45, 7) is 1.88. The van der Waals surface area contributed by atoms with Crippen molar-refractivity contribution in [2.75, 3.05) is 38.0 Å². The smallest absolute Gasteiger partial charge is 0.243 e. The summed E-state index contributed by atoms with van der Waals surface area (Å²) in [5, 5.41) is 2.81. The lowest BCUT2D eigenvalue weighted by molar-refractivity contribution is -0.116. The molecular weight excluding hydrogens is 388 g/mol. The van der Waals surface area contributed by atoms with E-state index in [9.17, 15) is 22.0 Å². The van der Waals surface area contributed by atoms with Crippen molar-refractivity contribution in [3.63, 3.8) is 0 Å². The first-order valence-electron chi connectivity index (χ1n) is 8.89. The molecule has 0 atom stereocenters. The van der Waals surface area contributed by atoms with Crippen LogP contribution >= 0.6 is 0 Å². The lowest BCUT2D eigenvalue weighted by Crippen LogP contribution is -2.49. The Morgan fingerprint density at radius 2 is 1.64 bits per heavy atom. The number of carbonyl (C=O) groups is 1. The zero-order chi connectivity index (χ0) is 20.1. The van der Waals surface area contributed by atoms with Gasteiger partial charge in [0.25, 0.3) is 0 Å². The molecule has 150 valence electrons. The molecule has 1 amide bonds. The number of sulfonamides is 1. The van der Waals surface area contributed by atoms with Crippen molar-refractivity contribution in [1.82, 2.24) is 9.21 Å². The van der Waals surface area contributed by atoms with E-state index in [2.05, 4.69) is 5.32 Å². The number of carbonyl (C=O) groups excluding carboxylic acids is 1. The molecule has 9 heteroatoms. The molecule has 2 aromatic carbocycles. The SMILES string of the molecule is O=C(CCN1CCN(S(=O)(=O)c2ccc(F)c(F)c2)CC1)Nc1ccccc1. The zero-order valence-corrected chi connectivity index (χ0v) is 16.0. The summed E-state index contributed by atoms with van der Waals surface area (Å²) in [6.07, 6.45) is 0.296. The van der Waals surface area contributed by atoms with Crippen LogP contribution in [0.25, 0.3) is 0 Å². The highest BCUT2D eigenvalue weighted by atomic mass is 32.2. The van der Waals surface area contributed by atoms with E-state index in [0.717, 1.165) is 17.8 Å². The van der Waals surface area contributed by atoms with Gasteiger partial charge in [-0.1, -0.05) is 18.2 Å². The summed E-state index contributed by atoms with van der Waals surface area (Å²) < 4.78 is 52.8. The molecule has 1 aliphatic heterocycles. The molecule has 1 N–H and O–H groups in total. The molecule has 2 aromatic rings. The van der Waals surface area contributed by atoms with Crippen LogP contribution in [0.4, 0.5) is 14.5 Å². The fourth-order valence-corrected chi connectivity index (χ4v) is 4.42. The van der Waals surface area contributed by atoms with Crippen LogP contribution in [0.1, 0.15) is 6.42 Å². The first-order chi connectivity index (χ1) is 13.4. The molecule has 0 unspecified atom stereocenters. The van der Waals surface area contributed by atoms with Crippen LogP contribution in [0.3, 0.4) is 0 Å². The average Bonchev–Trinajstić information content (AvgIpc) is 2.69. The molecule has 1 heterocycles. The Balaban J connectivity index is 1.50. The molecular formula is C19H21F2N3O3S. The maximum absolute atomic E-state index is 13.4. The number of rotatable bonds is 6. The van der Waals surface area contributed by atoms with Crippen molar-refractivity contribution in [2.24, 2.45) is 0 Å². The van der Waals surface area contributed by atoms with E-state index in [1.807, 2.05) is 23.1 Å². The second-order valence-corrected chi connectivity index (χ2v) is 8.42. The Bertz CT molecular complexity index is 931. The van der Waals surface area contributed by atoms with Gasteiger partial charge >= 0.3 is 0 Å². The largest absolute Gasteiger partial charge is 0.326 e. The standard InChI is InChI=1S/C19H21F2N3O3S/c20-17-7-6-16(14-18(17)21)28(26,27)24-12-10-23(11-13-24)9-8-19(25)22-15-4-2-1-3-5-15/h1-7,14H,8-13H2,(H,22,25). The summed E-state index contributed by atoms with van der Waals surface area (Å²) in [4.78, 5) is 13.8. The summed E-state index contributed by atoms with van der Waals surface area (Å²) >= 11 is 0. The maximum atomic E-state index is 13.4. The lowest BCUT2D eigenvalue weighted by Gasteiger charge is -2.33. The van der Waals surface area contributed by atoms with Crippen LogP contribution in [0.2, 0.25) is 0 Å². The van der Waals surface area contributed by atoms with Crippen LogP contribution in [0.15, 0.2) is 53.4 Å². The van der Waals surface area contributed by atoms with Crippen molar-refractivity contribution in [1.29, 1.82) is 0 Å². The Morgan fingerprint density at radius 1 is 0.964 bits per heavy atom. The highest BCUT2D eigenvalue weighted by Gasteiger charge is 2.29. The lowest BCUT2D eigenvalue weighted by atomic mass is 10.3. The van der Waals surface area contributed by atoms with Crippen molar-refractivity contribution >= 4 is 21.6 Å². The molecule has 6 nitrogen and oxygen atoms in total. The molecule has 0 spiro atoms. The van der Waals surface area contributed by atoms with Crippen molar-refractivity contribution < 1.29 is 22.0 Å². The van der Waals surface area contributed by atoms with Crippen LogP contribution < -0.4 is 5.32 Å². The minimum Gasteiger partial charge on any atom is -0.326 e. The van der Waals surface area contributed by atoms with Gasteiger partial charge in [0.05, 0.1) is 4.90 Å². The first kappa shape index (κ1) is 20.4. The van der Waals surface area contributed by atoms with E-state index in [-0.39, 0.29) is 23.9 Å². The number of amides is 1. The Hall–Kier alpha value is -2.36. The number of piperazine rings is 1. The zero-order valence-electron chi connectivity index (χ0n) is 15.1. The third kappa shape index (κ3) is 4.92. The van der Waals surface area contributed by atoms with Crippen LogP contribution in [-0.2, 0) is 14.8 Å². The maximum Gasteiger partial charge on any atom is 0.243 e. The number of para-hydroxylation sites is 1. The molecule has 0 saturated carbocycles. The Labute approximate surface area is 162 Å². The Kier molecular flexibility index (Phi) is 6.38. The minimum atomic E-state index is -3.88. The van der Waals surface area contributed by atoms with Crippen molar-refractivity contribution in [2.45, 2.75) is 11.3 Å². The van der Waals surface area contributed by atoms with Gasteiger partial charge in [0.2, 0.25) is 15.9 Å². The Morgan fingerprint density at radius 3 is 2.29 bits per heavy atom. The number of anilines is 1. The normalized spacial score (nSPS) is 16.1. The summed E-state index contributed by atoms with van der Waals surface area (Å²) in [6, 6.07) is 11.7. The predicted molar refractivity (Wildman–Crippen MR) is 101 cm³/mol. The third-order valence-electron chi connectivity index (χ3n) is 4.57. The monoisotopic (exact) mass is 409 g/mol. The van der Waals surface area contributed by atoms with Gasteiger partial charge in [-0.3, -0.25) is 4.79 Å². The highest BCUT2D eigenvalue weighted by Crippen LogP contribution is 2.20. The fraction of sp³-hybridized carbons (Fsp3) is 0.316. The second-order valence-electron chi connectivity index (χ2n) is 6.49. The molecule has 0 bridgehead atoms. The van der Waals surface area contributed by atoms with E-state index < -0.39 is 21.7 Å². The van der Waals surface area contributed by atoms with Crippen LogP contribution in [-0.4, -0.2) is 56.3 Å². The fourth-order valence-electron chi connectivity index (χ4n) is 2.98. The number of hydrogen-bond acceptors (Lipinski definition) is 4. The quantitative estimate of drug-likeness (QED) is 0.795.